The summed E-state index contributed by atoms with van der Waals surface area (Å²) in [6, 6.07) is 0.776. The highest BCUT2D eigenvalue weighted by Crippen LogP contribution is 2.37. The van der Waals surface area contributed by atoms with Gasteiger partial charge in [0.05, 0.1) is 6.10 Å². The molecule has 2 fully saturated rings. The number of hydrogen-bond acceptors (Lipinski definition) is 3. The van der Waals surface area contributed by atoms with Crippen molar-refractivity contribution < 1.29 is 4.74 Å². The van der Waals surface area contributed by atoms with Crippen LogP contribution in [0.2, 0.25) is 0 Å². The van der Waals surface area contributed by atoms with Crippen molar-refractivity contribution >= 4 is 0 Å². The van der Waals surface area contributed by atoms with Crippen LogP contribution >= 0.6 is 0 Å². The first-order valence-corrected chi connectivity index (χ1v) is 7.17. The molecular formula is C14H28N2O. The Bertz CT molecular complexity index is 230. The summed E-state index contributed by atoms with van der Waals surface area (Å²) in [5.41, 5.74) is 6.37. The third-order valence-electron chi connectivity index (χ3n) is 5.20. The lowest BCUT2D eigenvalue weighted by Crippen LogP contribution is -2.57. The molecule has 0 aromatic rings. The van der Waals surface area contributed by atoms with Crippen LogP contribution in [0.3, 0.4) is 0 Å². The summed E-state index contributed by atoms with van der Waals surface area (Å²) in [4.78, 5) is 2.62. The van der Waals surface area contributed by atoms with E-state index in [4.69, 9.17) is 10.5 Å². The Labute approximate surface area is 106 Å². The summed E-state index contributed by atoms with van der Waals surface area (Å²) in [7, 11) is 4.14. The fraction of sp³-hybridized carbons (Fsp3) is 1.00. The third kappa shape index (κ3) is 2.67. The van der Waals surface area contributed by atoms with Gasteiger partial charge in [-0.3, -0.25) is 4.90 Å². The van der Waals surface area contributed by atoms with Crippen LogP contribution < -0.4 is 5.73 Å². The Morgan fingerprint density at radius 3 is 2.24 bits per heavy atom. The molecule has 0 saturated heterocycles. The highest BCUT2D eigenvalue weighted by molar-refractivity contribution is 4.98. The topological polar surface area (TPSA) is 38.5 Å². The summed E-state index contributed by atoms with van der Waals surface area (Å²) in [5.74, 6) is 0. The number of nitrogens with zero attached hydrogens (tertiary/aromatic N) is 1. The van der Waals surface area contributed by atoms with Gasteiger partial charge in [-0.25, -0.2) is 0 Å². The van der Waals surface area contributed by atoms with Crippen LogP contribution in [-0.4, -0.2) is 43.3 Å². The van der Waals surface area contributed by atoms with E-state index in [1.54, 1.807) is 0 Å². The minimum atomic E-state index is 0.254. The van der Waals surface area contributed by atoms with Crippen molar-refractivity contribution in [3.8, 4) is 0 Å². The highest BCUT2D eigenvalue weighted by atomic mass is 16.5. The van der Waals surface area contributed by atoms with Crippen molar-refractivity contribution in [2.24, 2.45) is 5.73 Å². The first-order chi connectivity index (χ1) is 8.22. The Hall–Kier alpha value is -0.120. The molecule has 0 spiro atoms. The normalized spacial score (nSPS) is 35.6. The maximum absolute atomic E-state index is 6.11. The molecule has 0 radical (unpaired) electrons. The summed E-state index contributed by atoms with van der Waals surface area (Å²) < 4.78 is 5.47. The maximum Gasteiger partial charge on any atom is 0.0572 e. The minimum absolute atomic E-state index is 0.254. The maximum atomic E-state index is 6.11. The second-order valence-electron chi connectivity index (χ2n) is 5.91. The third-order valence-corrected chi connectivity index (χ3v) is 5.20. The number of rotatable bonds is 4. The Balaban J connectivity index is 1.99. The van der Waals surface area contributed by atoms with E-state index in [1.165, 1.54) is 51.4 Å². The largest absolute Gasteiger partial charge is 0.381 e. The van der Waals surface area contributed by atoms with E-state index in [9.17, 15) is 0 Å². The van der Waals surface area contributed by atoms with Gasteiger partial charge in [-0.15, -0.1) is 0 Å². The molecule has 0 amide bonds. The standard InChI is InChI=1S/C14H28N2O/c1-16(12-5-3-4-6-12)14(11-15)9-7-13(17-2)8-10-14/h12-13H,3-11,15H2,1-2H3. The van der Waals surface area contributed by atoms with Gasteiger partial charge in [0.15, 0.2) is 0 Å². The molecule has 17 heavy (non-hydrogen) atoms. The van der Waals surface area contributed by atoms with Crippen LogP contribution in [0.15, 0.2) is 0 Å². The van der Waals surface area contributed by atoms with Crippen LogP contribution in [0.5, 0.6) is 0 Å². The fourth-order valence-electron chi connectivity index (χ4n) is 3.74. The van der Waals surface area contributed by atoms with Crippen molar-refractivity contribution in [3.63, 3.8) is 0 Å². The van der Waals surface area contributed by atoms with Crippen LogP contribution in [0.4, 0.5) is 0 Å². The van der Waals surface area contributed by atoms with Crippen molar-refractivity contribution in [3.05, 3.63) is 0 Å². The molecule has 0 aliphatic heterocycles. The van der Waals surface area contributed by atoms with Gasteiger partial charge < -0.3 is 10.5 Å². The average molecular weight is 240 g/mol. The molecule has 0 heterocycles. The quantitative estimate of drug-likeness (QED) is 0.818. The molecule has 3 heteroatoms. The van der Waals surface area contributed by atoms with Crippen LogP contribution in [-0.2, 0) is 4.74 Å². The lowest BCUT2D eigenvalue weighted by atomic mass is 9.78. The monoisotopic (exact) mass is 240 g/mol. The van der Waals surface area contributed by atoms with Gasteiger partial charge in [-0.05, 0) is 45.6 Å². The molecule has 0 aromatic heterocycles. The molecular weight excluding hydrogens is 212 g/mol. The molecule has 0 unspecified atom stereocenters. The van der Waals surface area contributed by atoms with Gasteiger partial charge in [0, 0.05) is 25.2 Å². The molecule has 0 bridgehead atoms. The summed E-state index contributed by atoms with van der Waals surface area (Å²) in [5, 5.41) is 0. The van der Waals surface area contributed by atoms with Crippen molar-refractivity contribution in [1.82, 2.24) is 4.90 Å². The first-order valence-electron chi connectivity index (χ1n) is 7.17. The van der Waals surface area contributed by atoms with E-state index in [0.717, 1.165) is 12.6 Å². The average Bonchev–Trinajstić information content (AvgIpc) is 2.92. The molecule has 3 nitrogen and oxygen atoms in total. The zero-order valence-corrected chi connectivity index (χ0v) is 11.5. The number of nitrogens with two attached hydrogens (primary N) is 1. The van der Waals surface area contributed by atoms with Gasteiger partial charge in [-0.2, -0.15) is 0 Å². The molecule has 0 atom stereocenters. The van der Waals surface area contributed by atoms with Gasteiger partial charge in [0.2, 0.25) is 0 Å². The predicted molar refractivity (Wildman–Crippen MR) is 71.1 cm³/mol. The van der Waals surface area contributed by atoms with Gasteiger partial charge in [-0.1, -0.05) is 12.8 Å². The SMILES string of the molecule is COC1CCC(CN)(N(C)C2CCCC2)CC1. The fourth-order valence-corrected chi connectivity index (χ4v) is 3.74. The van der Waals surface area contributed by atoms with Crippen LogP contribution in [0.25, 0.3) is 0 Å². The lowest BCUT2D eigenvalue weighted by Gasteiger charge is -2.48. The number of hydrogen-bond donors (Lipinski definition) is 1. The van der Waals surface area contributed by atoms with Crippen LogP contribution in [0.1, 0.15) is 51.4 Å². The summed E-state index contributed by atoms with van der Waals surface area (Å²) in [6.07, 6.45) is 10.7. The van der Waals surface area contributed by atoms with E-state index in [-0.39, 0.29) is 5.54 Å². The van der Waals surface area contributed by atoms with E-state index in [0.29, 0.717) is 6.10 Å². The lowest BCUT2D eigenvalue weighted by molar-refractivity contribution is -0.0121. The molecule has 2 N–H and O–H groups in total. The van der Waals surface area contributed by atoms with Crippen molar-refractivity contribution in [2.75, 3.05) is 20.7 Å². The van der Waals surface area contributed by atoms with E-state index >= 15 is 0 Å². The number of likely N-dealkylation sites (N-methyl/N-ethyl adjacent to an activating group) is 1. The smallest absolute Gasteiger partial charge is 0.0572 e. The van der Waals surface area contributed by atoms with Gasteiger partial charge in [0.25, 0.3) is 0 Å². The Morgan fingerprint density at radius 1 is 1.18 bits per heavy atom. The van der Waals surface area contributed by atoms with Gasteiger partial charge >= 0.3 is 0 Å². The zero-order chi connectivity index (χ0) is 12.3. The first kappa shape index (κ1) is 13.3. The molecule has 2 saturated carbocycles. The predicted octanol–water partition coefficient (Wildman–Crippen LogP) is 2.15. The van der Waals surface area contributed by atoms with Gasteiger partial charge in [0.1, 0.15) is 0 Å². The molecule has 2 aliphatic carbocycles. The van der Waals surface area contributed by atoms with E-state index in [2.05, 4.69) is 11.9 Å². The van der Waals surface area contributed by atoms with Crippen LogP contribution in [0, 0.1) is 0 Å². The van der Waals surface area contributed by atoms with Crippen molar-refractivity contribution in [1.29, 1.82) is 0 Å². The minimum Gasteiger partial charge on any atom is -0.381 e. The van der Waals surface area contributed by atoms with Crippen molar-refractivity contribution in [2.45, 2.75) is 69.1 Å². The Morgan fingerprint density at radius 2 is 1.76 bits per heavy atom. The Kier molecular flexibility index (Phi) is 4.45. The number of ether oxygens (including phenoxy) is 1. The van der Waals surface area contributed by atoms with E-state index in [1.807, 2.05) is 7.11 Å². The molecule has 2 rings (SSSR count). The second kappa shape index (κ2) is 5.68. The molecule has 100 valence electrons. The summed E-state index contributed by atoms with van der Waals surface area (Å²) >= 11 is 0. The summed E-state index contributed by atoms with van der Waals surface area (Å²) in [6.45, 7) is 0.802. The second-order valence-corrected chi connectivity index (χ2v) is 5.91. The number of methoxy groups -OCH3 is 1. The van der Waals surface area contributed by atoms with E-state index < -0.39 is 0 Å². The highest BCUT2D eigenvalue weighted by Gasteiger charge is 2.40. The zero-order valence-electron chi connectivity index (χ0n) is 11.5. The molecule has 0 aromatic carbocycles. The molecule has 2 aliphatic rings.